The van der Waals surface area contributed by atoms with Gasteiger partial charge in [-0.3, -0.25) is 4.79 Å². The highest BCUT2D eigenvalue weighted by Gasteiger charge is 2.47. The van der Waals surface area contributed by atoms with Gasteiger partial charge in [-0.25, -0.2) is 0 Å². The molecule has 0 amide bonds. The van der Waals surface area contributed by atoms with Crippen LogP contribution in [0.15, 0.2) is 54.6 Å². The lowest BCUT2D eigenvalue weighted by molar-refractivity contribution is -0.128. The highest BCUT2D eigenvalue weighted by atomic mass is 16.1. The molecular formula is C20H21NO. The molecule has 0 unspecified atom stereocenters. The van der Waals surface area contributed by atoms with E-state index in [0.717, 1.165) is 12.8 Å². The normalized spacial score (nSPS) is 27.2. The number of carbonyl (C=O) groups excluding carboxylic acids is 1. The van der Waals surface area contributed by atoms with E-state index in [-0.39, 0.29) is 12.0 Å². The van der Waals surface area contributed by atoms with Gasteiger partial charge in [0.25, 0.3) is 0 Å². The van der Waals surface area contributed by atoms with Crippen LogP contribution in [0.1, 0.15) is 36.4 Å². The summed E-state index contributed by atoms with van der Waals surface area (Å²) in [7, 11) is 0. The van der Waals surface area contributed by atoms with Gasteiger partial charge < -0.3 is 4.90 Å². The topological polar surface area (TPSA) is 20.3 Å². The number of para-hydroxylation sites is 1. The van der Waals surface area contributed by atoms with E-state index in [2.05, 4.69) is 66.4 Å². The molecule has 2 saturated heterocycles. The lowest BCUT2D eigenvalue weighted by Gasteiger charge is -2.52. The zero-order valence-corrected chi connectivity index (χ0v) is 12.9. The van der Waals surface area contributed by atoms with E-state index in [1.165, 1.54) is 16.8 Å². The van der Waals surface area contributed by atoms with Crippen molar-refractivity contribution in [2.24, 2.45) is 5.92 Å². The lowest BCUT2D eigenvalue weighted by Crippen LogP contribution is -2.54. The largest absolute Gasteiger partial charge is 0.360 e. The summed E-state index contributed by atoms with van der Waals surface area (Å²) in [5.74, 6) is 0.599. The average Bonchev–Trinajstić information content (AvgIpc) is 2.56. The smallest absolute Gasteiger partial charge is 0.140 e. The van der Waals surface area contributed by atoms with Crippen LogP contribution in [0.3, 0.4) is 0 Å². The predicted octanol–water partition coefficient (Wildman–Crippen LogP) is 4.29. The van der Waals surface area contributed by atoms with E-state index in [1.54, 1.807) is 0 Å². The second kappa shape index (κ2) is 5.28. The van der Waals surface area contributed by atoms with Gasteiger partial charge in [0, 0.05) is 24.1 Å². The first-order valence-corrected chi connectivity index (χ1v) is 8.17. The Morgan fingerprint density at radius 1 is 0.955 bits per heavy atom. The number of aryl methyl sites for hydroxylation is 1. The molecule has 0 radical (unpaired) electrons. The number of carbonyl (C=O) groups is 1. The number of ketones is 1. The maximum absolute atomic E-state index is 12.5. The van der Waals surface area contributed by atoms with E-state index in [4.69, 9.17) is 0 Å². The number of anilines is 1. The van der Waals surface area contributed by atoms with E-state index in [0.29, 0.717) is 18.2 Å². The first-order valence-electron chi connectivity index (χ1n) is 8.17. The van der Waals surface area contributed by atoms with Crippen LogP contribution in [0.25, 0.3) is 0 Å². The van der Waals surface area contributed by atoms with Gasteiger partial charge in [0.15, 0.2) is 0 Å². The summed E-state index contributed by atoms with van der Waals surface area (Å²) < 4.78 is 0. The monoisotopic (exact) mass is 291 g/mol. The summed E-state index contributed by atoms with van der Waals surface area (Å²) in [6, 6.07) is 19.8. The second-order valence-corrected chi connectivity index (χ2v) is 6.61. The molecule has 2 aromatic carbocycles. The molecule has 2 aliphatic heterocycles. The number of hydrogen-bond acceptors (Lipinski definition) is 2. The van der Waals surface area contributed by atoms with Crippen molar-refractivity contribution in [3.05, 3.63) is 65.7 Å². The molecule has 22 heavy (non-hydrogen) atoms. The van der Waals surface area contributed by atoms with Gasteiger partial charge in [-0.15, -0.1) is 0 Å². The number of benzene rings is 2. The number of Topliss-reactive ketones (excluding diaryl/α,β-unsaturated/α-hetero) is 1. The number of hydrogen-bond donors (Lipinski definition) is 0. The number of piperidine rings is 2. The minimum atomic E-state index is 0.146. The molecule has 2 heteroatoms. The van der Waals surface area contributed by atoms with Crippen LogP contribution < -0.4 is 4.90 Å². The SMILES string of the molecule is Cc1ccc([C@H]2[C@@H]3CC[C@@H](CC3=O)N2c2ccccc2)cc1. The fourth-order valence-electron chi connectivity index (χ4n) is 4.14. The Bertz CT molecular complexity index is 677. The van der Waals surface area contributed by atoms with Crippen LogP contribution in [-0.2, 0) is 4.79 Å². The van der Waals surface area contributed by atoms with Crippen molar-refractivity contribution in [3.63, 3.8) is 0 Å². The maximum atomic E-state index is 12.5. The summed E-state index contributed by atoms with van der Waals surface area (Å²) in [6.45, 7) is 2.11. The maximum Gasteiger partial charge on any atom is 0.140 e. The Labute approximate surface area is 131 Å². The average molecular weight is 291 g/mol. The van der Waals surface area contributed by atoms with Gasteiger partial charge in [0.2, 0.25) is 0 Å². The molecule has 3 aliphatic rings. The molecule has 2 aromatic rings. The van der Waals surface area contributed by atoms with Crippen LogP contribution in [0.4, 0.5) is 5.69 Å². The van der Waals surface area contributed by atoms with Gasteiger partial charge in [-0.2, -0.15) is 0 Å². The van der Waals surface area contributed by atoms with Crippen molar-refractivity contribution in [1.82, 2.24) is 0 Å². The fourth-order valence-corrected chi connectivity index (χ4v) is 4.14. The molecule has 3 fully saturated rings. The van der Waals surface area contributed by atoms with E-state index in [1.807, 2.05) is 0 Å². The Morgan fingerprint density at radius 2 is 1.68 bits per heavy atom. The quantitative estimate of drug-likeness (QED) is 0.822. The van der Waals surface area contributed by atoms with E-state index in [9.17, 15) is 4.79 Å². The van der Waals surface area contributed by atoms with Crippen LogP contribution in [-0.4, -0.2) is 11.8 Å². The summed E-state index contributed by atoms with van der Waals surface area (Å²) >= 11 is 0. The summed E-state index contributed by atoms with van der Waals surface area (Å²) in [6.07, 6.45) is 2.88. The molecule has 0 spiro atoms. The van der Waals surface area contributed by atoms with Crippen molar-refractivity contribution in [2.45, 2.75) is 38.3 Å². The molecule has 2 bridgehead atoms. The number of nitrogens with zero attached hydrogens (tertiary/aromatic N) is 1. The Balaban J connectivity index is 1.80. The summed E-state index contributed by atoms with van der Waals surface area (Å²) in [5.41, 5.74) is 3.79. The van der Waals surface area contributed by atoms with E-state index >= 15 is 0 Å². The zero-order chi connectivity index (χ0) is 15.1. The van der Waals surface area contributed by atoms with Crippen molar-refractivity contribution in [1.29, 1.82) is 0 Å². The molecule has 2 heterocycles. The minimum Gasteiger partial charge on any atom is -0.360 e. The van der Waals surface area contributed by atoms with Crippen molar-refractivity contribution in [2.75, 3.05) is 4.90 Å². The molecule has 112 valence electrons. The van der Waals surface area contributed by atoms with Crippen LogP contribution >= 0.6 is 0 Å². The Kier molecular flexibility index (Phi) is 3.25. The first-order chi connectivity index (χ1) is 10.7. The molecule has 2 nitrogen and oxygen atoms in total. The van der Waals surface area contributed by atoms with Crippen molar-refractivity contribution in [3.8, 4) is 0 Å². The second-order valence-electron chi connectivity index (χ2n) is 6.61. The van der Waals surface area contributed by atoms with Gasteiger partial charge in [-0.1, -0.05) is 48.0 Å². The zero-order valence-electron chi connectivity index (χ0n) is 12.9. The Hall–Kier alpha value is -2.09. The van der Waals surface area contributed by atoms with Crippen molar-refractivity contribution < 1.29 is 4.79 Å². The molecule has 0 N–H and O–H groups in total. The summed E-state index contributed by atoms with van der Waals surface area (Å²) in [4.78, 5) is 15.0. The van der Waals surface area contributed by atoms with Crippen LogP contribution in [0.5, 0.6) is 0 Å². The third-order valence-electron chi connectivity index (χ3n) is 5.21. The van der Waals surface area contributed by atoms with Crippen LogP contribution in [0, 0.1) is 12.8 Å². The third-order valence-corrected chi connectivity index (χ3v) is 5.21. The molecule has 5 rings (SSSR count). The van der Waals surface area contributed by atoms with Gasteiger partial charge >= 0.3 is 0 Å². The lowest BCUT2D eigenvalue weighted by atomic mass is 9.71. The summed E-state index contributed by atoms with van der Waals surface area (Å²) in [5, 5.41) is 0. The number of fused-ring (bicyclic) bond motifs is 3. The molecule has 3 atom stereocenters. The van der Waals surface area contributed by atoms with Gasteiger partial charge in [0.1, 0.15) is 5.78 Å². The predicted molar refractivity (Wildman–Crippen MR) is 89.0 cm³/mol. The highest BCUT2D eigenvalue weighted by molar-refractivity contribution is 5.86. The Morgan fingerprint density at radius 3 is 2.36 bits per heavy atom. The molecule has 1 aliphatic carbocycles. The van der Waals surface area contributed by atoms with Crippen molar-refractivity contribution >= 4 is 11.5 Å². The minimum absolute atomic E-state index is 0.146. The van der Waals surface area contributed by atoms with Gasteiger partial charge in [-0.05, 0) is 37.5 Å². The van der Waals surface area contributed by atoms with Crippen LogP contribution in [0.2, 0.25) is 0 Å². The third kappa shape index (κ3) is 2.14. The molecular weight excluding hydrogens is 270 g/mol. The van der Waals surface area contributed by atoms with Gasteiger partial charge in [0.05, 0.1) is 6.04 Å². The molecule has 0 aromatic heterocycles. The standard InChI is InChI=1S/C20H21NO/c1-14-7-9-15(10-8-14)20-18-12-11-17(13-19(18)22)21(20)16-5-3-2-4-6-16/h2-10,17-18,20H,11-13H2,1H3/t17-,18+,20-/m0/s1. The highest BCUT2D eigenvalue weighted by Crippen LogP contribution is 2.47. The van der Waals surface area contributed by atoms with E-state index < -0.39 is 0 Å². The number of rotatable bonds is 2. The first kappa shape index (κ1) is 13.6. The molecule has 1 saturated carbocycles. The fraction of sp³-hybridized carbons (Fsp3) is 0.350.